The van der Waals surface area contributed by atoms with Gasteiger partial charge in [-0.15, -0.1) is 0 Å². The van der Waals surface area contributed by atoms with E-state index in [-0.39, 0.29) is 6.42 Å². The normalized spacial score (nSPS) is 26.2. The number of hydrogen-bond donors (Lipinski definition) is 1. The number of carboxylic acids is 1. The van der Waals surface area contributed by atoms with Gasteiger partial charge in [0.2, 0.25) is 0 Å². The topological polar surface area (TPSA) is 78.8 Å². The van der Waals surface area contributed by atoms with Gasteiger partial charge in [0.1, 0.15) is 5.82 Å². The zero-order valence-electron chi connectivity index (χ0n) is 13.3. The number of ether oxygens (including phenoxy) is 1. The minimum atomic E-state index is -0.720. The van der Waals surface area contributed by atoms with Gasteiger partial charge >= 0.3 is 5.97 Å². The molecule has 0 aromatic carbocycles. The summed E-state index contributed by atoms with van der Waals surface area (Å²) < 4.78 is 5.45. The molecule has 3 rings (SSSR count). The highest BCUT2D eigenvalue weighted by Gasteiger charge is 2.34. The first-order valence-corrected chi connectivity index (χ1v) is 8.28. The van der Waals surface area contributed by atoms with Crippen LogP contribution in [0.2, 0.25) is 0 Å². The standard InChI is InChI=1S/C16H24N4O3/c21-16(22)2-1-13-12-20(15-11-17-4-5-18-15)6-3-14(13)19-7-9-23-10-8-19/h4-5,11,13-14H,1-3,6-10,12H2,(H,21,22). The smallest absolute Gasteiger partial charge is 0.303 e. The molecule has 0 spiro atoms. The average Bonchev–Trinajstić information content (AvgIpc) is 2.61. The predicted octanol–water partition coefficient (Wildman–Crippen LogP) is 0.869. The molecule has 2 fully saturated rings. The summed E-state index contributed by atoms with van der Waals surface area (Å²) in [5, 5.41) is 9.05. The number of hydrogen-bond acceptors (Lipinski definition) is 6. The van der Waals surface area contributed by atoms with E-state index in [1.807, 2.05) is 0 Å². The molecule has 1 N–H and O–H groups in total. The van der Waals surface area contributed by atoms with Crippen LogP contribution in [0.3, 0.4) is 0 Å². The summed E-state index contributed by atoms with van der Waals surface area (Å²) in [7, 11) is 0. The first-order valence-electron chi connectivity index (χ1n) is 8.28. The van der Waals surface area contributed by atoms with Crippen LogP contribution in [-0.2, 0) is 9.53 Å². The Morgan fingerprint density at radius 2 is 2.13 bits per heavy atom. The van der Waals surface area contributed by atoms with Crippen molar-refractivity contribution in [1.82, 2.24) is 14.9 Å². The van der Waals surface area contributed by atoms with Crippen LogP contribution in [0.4, 0.5) is 5.82 Å². The molecule has 126 valence electrons. The number of piperidine rings is 1. The molecule has 7 heteroatoms. The van der Waals surface area contributed by atoms with Crippen molar-refractivity contribution >= 4 is 11.8 Å². The van der Waals surface area contributed by atoms with Gasteiger partial charge in [-0.05, 0) is 18.8 Å². The summed E-state index contributed by atoms with van der Waals surface area (Å²) in [6.45, 7) is 5.21. The second kappa shape index (κ2) is 7.70. The molecule has 0 radical (unpaired) electrons. The molecule has 1 aromatic heterocycles. The van der Waals surface area contributed by atoms with Gasteiger partial charge in [-0.2, -0.15) is 0 Å². The highest BCUT2D eigenvalue weighted by molar-refractivity contribution is 5.66. The van der Waals surface area contributed by atoms with Crippen LogP contribution >= 0.6 is 0 Å². The van der Waals surface area contributed by atoms with Crippen molar-refractivity contribution in [3.05, 3.63) is 18.6 Å². The molecule has 0 bridgehead atoms. The third-order valence-electron chi connectivity index (χ3n) is 4.81. The molecule has 2 unspecified atom stereocenters. The van der Waals surface area contributed by atoms with Crippen LogP contribution < -0.4 is 4.90 Å². The van der Waals surface area contributed by atoms with Gasteiger partial charge < -0.3 is 14.7 Å². The van der Waals surface area contributed by atoms with Crippen LogP contribution in [0.5, 0.6) is 0 Å². The highest BCUT2D eigenvalue weighted by atomic mass is 16.5. The second-order valence-corrected chi connectivity index (χ2v) is 6.21. The van der Waals surface area contributed by atoms with E-state index in [9.17, 15) is 4.79 Å². The summed E-state index contributed by atoms with van der Waals surface area (Å²) >= 11 is 0. The molecule has 2 atom stereocenters. The van der Waals surface area contributed by atoms with Gasteiger partial charge in [0.05, 0.1) is 19.4 Å². The fourth-order valence-corrected chi connectivity index (χ4v) is 3.66. The third-order valence-corrected chi connectivity index (χ3v) is 4.81. The Morgan fingerprint density at radius 3 is 2.83 bits per heavy atom. The minimum Gasteiger partial charge on any atom is -0.481 e. The zero-order valence-corrected chi connectivity index (χ0v) is 13.3. The Balaban J connectivity index is 1.69. The van der Waals surface area contributed by atoms with E-state index >= 15 is 0 Å². The average molecular weight is 320 g/mol. The lowest BCUT2D eigenvalue weighted by Gasteiger charge is -2.45. The van der Waals surface area contributed by atoms with Crippen molar-refractivity contribution in [3.8, 4) is 0 Å². The van der Waals surface area contributed by atoms with Crippen LogP contribution in [0.1, 0.15) is 19.3 Å². The van der Waals surface area contributed by atoms with E-state index in [1.54, 1.807) is 18.6 Å². The molecule has 23 heavy (non-hydrogen) atoms. The van der Waals surface area contributed by atoms with Crippen LogP contribution in [-0.4, -0.2) is 71.4 Å². The number of morpholine rings is 1. The number of carbonyl (C=O) groups is 1. The Hall–Kier alpha value is -1.73. The molecule has 0 saturated carbocycles. The van der Waals surface area contributed by atoms with E-state index in [2.05, 4.69) is 19.8 Å². The van der Waals surface area contributed by atoms with Crippen molar-refractivity contribution in [2.75, 3.05) is 44.3 Å². The number of nitrogens with zero attached hydrogens (tertiary/aromatic N) is 4. The summed E-state index contributed by atoms with van der Waals surface area (Å²) in [4.78, 5) is 24.2. The van der Waals surface area contributed by atoms with Crippen LogP contribution in [0.15, 0.2) is 18.6 Å². The van der Waals surface area contributed by atoms with Gasteiger partial charge in [0.15, 0.2) is 0 Å². The molecule has 2 aliphatic rings. The maximum absolute atomic E-state index is 11.0. The van der Waals surface area contributed by atoms with Crippen molar-refractivity contribution in [2.45, 2.75) is 25.3 Å². The Kier molecular flexibility index (Phi) is 5.40. The quantitative estimate of drug-likeness (QED) is 0.862. The van der Waals surface area contributed by atoms with Gasteiger partial charge in [0.25, 0.3) is 0 Å². The van der Waals surface area contributed by atoms with E-state index in [1.165, 1.54) is 0 Å². The maximum atomic E-state index is 11.0. The molecule has 3 heterocycles. The maximum Gasteiger partial charge on any atom is 0.303 e. The number of rotatable bonds is 5. The Bertz CT molecular complexity index is 507. The summed E-state index contributed by atoms with van der Waals surface area (Å²) in [6.07, 6.45) is 7.11. The van der Waals surface area contributed by atoms with E-state index in [4.69, 9.17) is 9.84 Å². The minimum absolute atomic E-state index is 0.222. The molecular weight excluding hydrogens is 296 g/mol. The largest absolute Gasteiger partial charge is 0.481 e. The Morgan fingerprint density at radius 1 is 1.30 bits per heavy atom. The van der Waals surface area contributed by atoms with E-state index < -0.39 is 5.97 Å². The molecule has 0 amide bonds. The van der Waals surface area contributed by atoms with Gasteiger partial charge in [0, 0.05) is 51.0 Å². The number of anilines is 1. The molecule has 7 nitrogen and oxygen atoms in total. The van der Waals surface area contributed by atoms with Crippen molar-refractivity contribution < 1.29 is 14.6 Å². The highest BCUT2D eigenvalue weighted by Crippen LogP contribution is 2.28. The molecule has 1 aromatic rings. The molecule has 2 aliphatic heterocycles. The predicted molar refractivity (Wildman–Crippen MR) is 85.4 cm³/mol. The van der Waals surface area contributed by atoms with E-state index in [0.29, 0.717) is 18.4 Å². The second-order valence-electron chi connectivity index (χ2n) is 6.21. The first-order chi connectivity index (χ1) is 11.2. The monoisotopic (exact) mass is 320 g/mol. The lowest BCUT2D eigenvalue weighted by Crippen LogP contribution is -2.54. The number of aliphatic carboxylic acids is 1. The fraction of sp³-hybridized carbons (Fsp3) is 0.688. The summed E-state index contributed by atoms with van der Waals surface area (Å²) in [5.74, 6) is 0.496. The van der Waals surface area contributed by atoms with Crippen LogP contribution in [0, 0.1) is 5.92 Å². The summed E-state index contributed by atoms with van der Waals surface area (Å²) in [5.41, 5.74) is 0. The van der Waals surface area contributed by atoms with Gasteiger partial charge in [-0.25, -0.2) is 4.98 Å². The Labute approximate surface area is 136 Å². The zero-order chi connectivity index (χ0) is 16.1. The van der Waals surface area contributed by atoms with E-state index in [0.717, 1.165) is 51.6 Å². The molecule has 0 aliphatic carbocycles. The lowest BCUT2D eigenvalue weighted by atomic mass is 9.86. The summed E-state index contributed by atoms with van der Waals surface area (Å²) in [6, 6.07) is 0.436. The van der Waals surface area contributed by atoms with Crippen molar-refractivity contribution in [3.63, 3.8) is 0 Å². The molecular formula is C16H24N4O3. The lowest BCUT2D eigenvalue weighted by molar-refractivity contribution is -0.137. The number of carboxylic acid groups (broad SMARTS) is 1. The SMILES string of the molecule is O=C(O)CCC1CN(c2cnccn2)CCC1N1CCOCC1. The third kappa shape index (κ3) is 4.17. The van der Waals surface area contributed by atoms with Crippen LogP contribution in [0.25, 0.3) is 0 Å². The molecule has 2 saturated heterocycles. The van der Waals surface area contributed by atoms with Gasteiger partial charge in [-0.3, -0.25) is 14.7 Å². The van der Waals surface area contributed by atoms with Crippen molar-refractivity contribution in [2.24, 2.45) is 5.92 Å². The fourth-order valence-electron chi connectivity index (χ4n) is 3.66. The first kappa shape index (κ1) is 16.1. The number of aromatic nitrogens is 2. The van der Waals surface area contributed by atoms with Crippen molar-refractivity contribution in [1.29, 1.82) is 0 Å². The van der Waals surface area contributed by atoms with Gasteiger partial charge in [-0.1, -0.05) is 0 Å².